The number of rotatable bonds is 3. The van der Waals surface area contributed by atoms with E-state index >= 15 is 0 Å². The van der Waals surface area contributed by atoms with E-state index in [1.807, 2.05) is 13.8 Å². The number of aromatic amines is 1. The summed E-state index contributed by atoms with van der Waals surface area (Å²) in [5, 5.41) is 6.80. The number of nitrogen functional groups attached to an aromatic ring is 1. The summed E-state index contributed by atoms with van der Waals surface area (Å²) in [5.41, 5.74) is 7.92. The number of hydrogen-bond donors (Lipinski definition) is 3. The molecular weight excluding hydrogens is 220 g/mol. The van der Waals surface area contributed by atoms with E-state index in [1.54, 1.807) is 17.1 Å². The molecule has 7 nitrogen and oxygen atoms in total. The molecule has 0 aliphatic rings. The second kappa shape index (κ2) is 4.28. The number of imidazole rings is 1. The van der Waals surface area contributed by atoms with Crippen LogP contribution in [0.5, 0.6) is 0 Å². The second-order valence-corrected chi connectivity index (χ2v) is 3.73. The normalized spacial score (nSPS) is 10.5. The average molecular weight is 234 g/mol. The Morgan fingerprint density at radius 2 is 2.35 bits per heavy atom. The summed E-state index contributed by atoms with van der Waals surface area (Å²) in [4.78, 5) is 18.4. The third-order valence-corrected chi connectivity index (χ3v) is 2.49. The van der Waals surface area contributed by atoms with Crippen molar-refractivity contribution in [3.8, 4) is 0 Å². The molecule has 0 bridgehead atoms. The molecular formula is C10H14N6O. The first kappa shape index (κ1) is 11.2. The Bertz CT molecular complexity index is 527. The van der Waals surface area contributed by atoms with Crippen LogP contribution in [0.2, 0.25) is 0 Å². The number of H-pyrrole nitrogens is 1. The van der Waals surface area contributed by atoms with Gasteiger partial charge in [0.05, 0.1) is 17.1 Å². The fraction of sp³-hybridized carbons (Fsp3) is 0.300. The highest BCUT2D eigenvalue weighted by Gasteiger charge is 2.11. The Hall–Kier alpha value is -2.31. The molecule has 0 atom stereocenters. The van der Waals surface area contributed by atoms with Crippen LogP contribution in [-0.2, 0) is 11.3 Å². The van der Waals surface area contributed by atoms with Gasteiger partial charge in [-0.15, -0.1) is 0 Å². The van der Waals surface area contributed by atoms with Gasteiger partial charge in [-0.25, -0.2) is 4.98 Å². The second-order valence-electron chi connectivity index (χ2n) is 3.73. The number of hydrogen-bond acceptors (Lipinski definition) is 4. The van der Waals surface area contributed by atoms with Gasteiger partial charge in [0.1, 0.15) is 6.54 Å². The fourth-order valence-electron chi connectivity index (χ4n) is 1.51. The molecule has 7 heteroatoms. The van der Waals surface area contributed by atoms with Gasteiger partial charge in [-0.1, -0.05) is 0 Å². The van der Waals surface area contributed by atoms with Crippen molar-refractivity contribution in [3.05, 3.63) is 23.8 Å². The molecule has 0 radical (unpaired) electrons. The summed E-state index contributed by atoms with van der Waals surface area (Å²) in [7, 11) is 0. The largest absolute Gasteiger partial charge is 0.396 e. The number of nitrogens with two attached hydrogens (primary N) is 1. The standard InChI is InChI=1S/C10H14N6O/c1-6-9(11)7(2)16(15-6)5-8(17)14-10-12-3-4-13-10/h3-4H,5,11H2,1-2H3,(H2,12,13,14,17). The molecule has 0 saturated heterocycles. The van der Waals surface area contributed by atoms with Crippen molar-refractivity contribution in [2.24, 2.45) is 0 Å². The van der Waals surface area contributed by atoms with E-state index in [9.17, 15) is 4.79 Å². The highest BCUT2D eigenvalue weighted by atomic mass is 16.2. The van der Waals surface area contributed by atoms with Gasteiger partial charge in [-0.05, 0) is 13.8 Å². The van der Waals surface area contributed by atoms with E-state index in [0.29, 0.717) is 11.6 Å². The van der Waals surface area contributed by atoms with Crippen LogP contribution in [0.3, 0.4) is 0 Å². The Labute approximate surface area is 98.0 Å². The summed E-state index contributed by atoms with van der Waals surface area (Å²) in [5.74, 6) is 0.218. The van der Waals surface area contributed by atoms with Gasteiger partial charge < -0.3 is 10.7 Å². The van der Waals surface area contributed by atoms with Crippen molar-refractivity contribution in [3.63, 3.8) is 0 Å². The topological polar surface area (TPSA) is 102 Å². The molecule has 0 unspecified atom stereocenters. The van der Waals surface area contributed by atoms with Crippen LogP contribution in [0.25, 0.3) is 0 Å². The fourth-order valence-corrected chi connectivity index (χ4v) is 1.51. The zero-order valence-electron chi connectivity index (χ0n) is 9.69. The lowest BCUT2D eigenvalue weighted by Crippen LogP contribution is -2.21. The van der Waals surface area contributed by atoms with Gasteiger partial charge in [0, 0.05) is 12.4 Å². The number of carbonyl (C=O) groups excluding carboxylic acids is 1. The third-order valence-electron chi connectivity index (χ3n) is 2.49. The lowest BCUT2D eigenvalue weighted by atomic mass is 10.3. The first-order valence-electron chi connectivity index (χ1n) is 5.16. The van der Waals surface area contributed by atoms with E-state index in [4.69, 9.17) is 5.73 Å². The zero-order valence-corrected chi connectivity index (χ0v) is 9.69. The van der Waals surface area contributed by atoms with Crippen molar-refractivity contribution in [2.75, 3.05) is 11.1 Å². The third kappa shape index (κ3) is 2.27. The number of amides is 1. The number of carbonyl (C=O) groups is 1. The summed E-state index contributed by atoms with van der Waals surface area (Å²) in [6, 6.07) is 0. The number of aromatic nitrogens is 4. The lowest BCUT2D eigenvalue weighted by molar-refractivity contribution is -0.117. The predicted octanol–water partition coefficient (Wildman–Crippen LogP) is 0.444. The first-order chi connectivity index (χ1) is 8.08. The molecule has 2 rings (SSSR count). The molecule has 0 aromatic carbocycles. The Kier molecular flexibility index (Phi) is 2.82. The average Bonchev–Trinajstić information content (AvgIpc) is 2.85. The molecule has 1 amide bonds. The molecule has 2 heterocycles. The molecule has 0 aliphatic heterocycles. The van der Waals surface area contributed by atoms with E-state index in [2.05, 4.69) is 20.4 Å². The maximum absolute atomic E-state index is 11.7. The van der Waals surface area contributed by atoms with E-state index < -0.39 is 0 Å². The molecule has 90 valence electrons. The van der Waals surface area contributed by atoms with E-state index in [0.717, 1.165) is 11.4 Å². The van der Waals surface area contributed by atoms with Gasteiger partial charge in [0.2, 0.25) is 11.9 Å². The maximum Gasteiger partial charge on any atom is 0.248 e. The summed E-state index contributed by atoms with van der Waals surface area (Å²) in [6.07, 6.45) is 3.20. The van der Waals surface area contributed by atoms with Crippen LogP contribution in [0, 0.1) is 13.8 Å². The molecule has 0 saturated carbocycles. The zero-order chi connectivity index (χ0) is 12.4. The highest BCUT2D eigenvalue weighted by molar-refractivity contribution is 5.88. The van der Waals surface area contributed by atoms with Crippen molar-refractivity contribution < 1.29 is 4.79 Å². The van der Waals surface area contributed by atoms with E-state index in [-0.39, 0.29) is 12.5 Å². The monoisotopic (exact) mass is 234 g/mol. The van der Waals surface area contributed by atoms with Gasteiger partial charge in [0.15, 0.2) is 0 Å². The van der Waals surface area contributed by atoms with Crippen LogP contribution in [0.1, 0.15) is 11.4 Å². The molecule has 17 heavy (non-hydrogen) atoms. The van der Waals surface area contributed by atoms with Gasteiger partial charge in [-0.2, -0.15) is 5.10 Å². The minimum absolute atomic E-state index is 0.116. The Morgan fingerprint density at radius 3 is 2.88 bits per heavy atom. The van der Waals surface area contributed by atoms with Crippen molar-refractivity contribution in [1.82, 2.24) is 19.7 Å². The van der Waals surface area contributed by atoms with Crippen LogP contribution < -0.4 is 11.1 Å². The molecule has 4 N–H and O–H groups in total. The molecule has 2 aromatic rings. The van der Waals surface area contributed by atoms with Crippen molar-refractivity contribution in [1.29, 1.82) is 0 Å². The Balaban J connectivity index is 2.06. The van der Waals surface area contributed by atoms with E-state index in [1.165, 1.54) is 0 Å². The van der Waals surface area contributed by atoms with Gasteiger partial charge in [0.25, 0.3) is 0 Å². The maximum atomic E-state index is 11.7. The molecule has 2 aromatic heterocycles. The highest BCUT2D eigenvalue weighted by Crippen LogP contribution is 2.14. The summed E-state index contributed by atoms with van der Waals surface area (Å²) < 4.78 is 1.57. The van der Waals surface area contributed by atoms with Crippen LogP contribution in [-0.4, -0.2) is 25.7 Å². The number of nitrogens with one attached hydrogen (secondary N) is 2. The van der Waals surface area contributed by atoms with Crippen LogP contribution in [0.4, 0.5) is 11.6 Å². The first-order valence-corrected chi connectivity index (χ1v) is 5.16. The number of aryl methyl sites for hydroxylation is 1. The number of nitrogens with zero attached hydrogens (tertiary/aromatic N) is 3. The molecule has 0 aliphatic carbocycles. The van der Waals surface area contributed by atoms with Crippen LogP contribution in [0.15, 0.2) is 12.4 Å². The van der Waals surface area contributed by atoms with Crippen molar-refractivity contribution >= 4 is 17.5 Å². The quantitative estimate of drug-likeness (QED) is 0.717. The lowest BCUT2D eigenvalue weighted by Gasteiger charge is -2.04. The smallest absolute Gasteiger partial charge is 0.248 e. The summed E-state index contributed by atoms with van der Waals surface area (Å²) in [6.45, 7) is 3.75. The Morgan fingerprint density at radius 1 is 1.59 bits per heavy atom. The molecule has 0 fully saturated rings. The van der Waals surface area contributed by atoms with Gasteiger partial charge in [-0.3, -0.25) is 14.8 Å². The number of anilines is 2. The SMILES string of the molecule is Cc1nn(CC(=O)Nc2ncc[nH]2)c(C)c1N. The predicted molar refractivity (Wildman–Crippen MR) is 63.3 cm³/mol. The van der Waals surface area contributed by atoms with Gasteiger partial charge >= 0.3 is 0 Å². The van der Waals surface area contributed by atoms with Crippen molar-refractivity contribution in [2.45, 2.75) is 20.4 Å². The van der Waals surface area contributed by atoms with Crippen LogP contribution >= 0.6 is 0 Å². The summed E-state index contributed by atoms with van der Waals surface area (Å²) >= 11 is 0. The minimum Gasteiger partial charge on any atom is -0.396 e. The molecule has 0 spiro atoms. The minimum atomic E-state index is -0.203.